The van der Waals surface area contributed by atoms with Gasteiger partial charge in [-0.05, 0) is 58.0 Å². The predicted molar refractivity (Wildman–Crippen MR) is 109 cm³/mol. The molecule has 1 aromatic carbocycles. The molecule has 0 aliphatic carbocycles. The van der Waals surface area contributed by atoms with Crippen LogP contribution in [0.2, 0.25) is 0 Å². The van der Waals surface area contributed by atoms with Crippen molar-refractivity contribution in [1.82, 2.24) is 19.4 Å². The molecule has 2 aromatic heterocycles. The van der Waals surface area contributed by atoms with E-state index < -0.39 is 5.95 Å². The van der Waals surface area contributed by atoms with Crippen molar-refractivity contribution >= 4 is 0 Å². The second kappa shape index (κ2) is 6.52. The summed E-state index contributed by atoms with van der Waals surface area (Å²) in [5, 5.41) is 0. The molecule has 3 aliphatic rings. The Morgan fingerprint density at radius 3 is 2.43 bits per heavy atom. The third-order valence-electron chi connectivity index (χ3n) is 6.58. The summed E-state index contributed by atoms with van der Waals surface area (Å²) in [5.41, 5.74) is 5.15. The second-order valence-corrected chi connectivity index (χ2v) is 8.30. The summed E-state index contributed by atoms with van der Waals surface area (Å²) in [6, 6.07) is 11.8. The highest BCUT2D eigenvalue weighted by molar-refractivity contribution is 5.79. The van der Waals surface area contributed by atoms with Crippen LogP contribution in [0.3, 0.4) is 0 Å². The van der Waals surface area contributed by atoms with Crippen LogP contribution in [0.15, 0.2) is 42.6 Å². The molecular weight excluding hydrogens is 351 g/mol. The zero-order valence-electron chi connectivity index (χ0n) is 16.5. The summed E-state index contributed by atoms with van der Waals surface area (Å²) >= 11 is 0. The van der Waals surface area contributed by atoms with E-state index in [1.54, 1.807) is 0 Å². The number of fused-ring (bicyclic) bond motifs is 3. The van der Waals surface area contributed by atoms with Gasteiger partial charge in [-0.25, -0.2) is 9.97 Å². The minimum absolute atomic E-state index is 0.131. The molecule has 0 radical (unpaired) electrons. The van der Waals surface area contributed by atoms with Crippen molar-refractivity contribution in [3.05, 3.63) is 59.9 Å². The first-order chi connectivity index (χ1) is 13.6. The van der Waals surface area contributed by atoms with Gasteiger partial charge in [0.05, 0.1) is 11.4 Å². The molecule has 0 spiro atoms. The van der Waals surface area contributed by atoms with Crippen LogP contribution in [0.1, 0.15) is 30.7 Å². The van der Waals surface area contributed by atoms with Gasteiger partial charge in [-0.3, -0.25) is 0 Å². The van der Waals surface area contributed by atoms with Crippen LogP contribution < -0.4 is 0 Å². The number of aromatic nitrogens is 3. The molecule has 5 heterocycles. The van der Waals surface area contributed by atoms with Crippen LogP contribution in [0, 0.1) is 12.9 Å². The molecule has 3 saturated heterocycles. The van der Waals surface area contributed by atoms with E-state index in [2.05, 4.69) is 52.7 Å². The van der Waals surface area contributed by atoms with Crippen molar-refractivity contribution in [1.29, 1.82) is 0 Å². The summed E-state index contributed by atoms with van der Waals surface area (Å²) in [4.78, 5) is 11.5. The van der Waals surface area contributed by atoms with E-state index >= 15 is 0 Å². The molecule has 3 aromatic rings. The van der Waals surface area contributed by atoms with Crippen molar-refractivity contribution in [3.63, 3.8) is 0 Å². The topological polar surface area (TPSA) is 34.0 Å². The molecule has 6 rings (SSSR count). The fourth-order valence-electron chi connectivity index (χ4n) is 5.01. The number of halogens is 1. The summed E-state index contributed by atoms with van der Waals surface area (Å²) < 4.78 is 16.2. The van der Waals surface area contributed by atoms with Gasteiger partial charge in [-0.1, -0.05) is 23.8 Å². The molecule has 0 saturated carbocycles. The Hall–Kier alpha value is -2.53. The van der Waals surface area contributed by atoms with Crippen molar-refractivity contribution in [2.24, 2.45) is 7.05 Å². The van der Waals surface area contributed by atoms with Gasteiger partial charge in [-0.15, -0.1) is 0 Å². The van der Waals surface area contributed by atoms with Gasteiger partial charge in [-0.2, -0.15) is 4.39 Å². The maximum absolute atomic E-state index is 13.9. The predicted octanol–water partition coefficient (Wildman–Crippen LogP) is 4.33. The highest BCUT2D eigenvalue weighted by Gasteiger charge is 2.44. The maximum atomic E-state index is 13.9. The number of benzene rings is 1. The number of rotatable bonds is 3. The van der Waals surface area contributed by atoms with E-state index in [1.165, 1.54) is 17.8 Å². The van der Waals surface area contributed by atoms with Crippen molar-refractivity contribution in [2.75, 3.05) is 19.6 Å². The Balaban J connectivity index is 1.73. The highest BCUT2D eigenvalue weighted by Crippen LogP contribution is 2.45. The molecule has 3 aliphatic heterocycles. The Bertz CT molecular complexity index is 1020. The van der Waals surface area contributed by atoms with Crippen LogP contribution in [0.4, 0.5) is 4.39 Å². The molecule has 2 bridgehead atoms. The van der Waals surface area contributed by atoms with Crippen LogP contribution in [0.25, 0.3) is 22.5 Å². The first-order valence-corrected chi connectivity index (χ1v) is 10.0. The van der Waals surface area contributed by atoms with E-state index in [0.717, 1.165) is 67.2 Å². The molecule has 0 amide bonds. The number of hydrogen-bond acceptors (Lipinski definition) is 3. The molecule has 144 valence electrons. The fraction of sp³-hybridized carbons (Fsp3) is 0.391. The van der Waals surface area contributed by atoms with Crippen LogP contribution in [-0.2, 0) is 12.5 Å². The number of imidazole rings is 1. The smallest absolute Gasteiger partial charge is 0.213 e. The van der Waals surface area contributed by atoms with E-state index in [4.69, 9.17) is 4.98 Å². The van der Waals surface area contributed by atoms with Crippen molar-refractivity contribution in [2.45, 2.75) is 31.6 Å². The van der Waals surface area contributed by atoms with Crippen LogP contribution in [0.5, 0.6) is 0 Å². The molecule has 0 atom stereocenters. The van der Waals surface area contributed by atoms with Crippen molar-refractivity contribution in [3.8, 4) is 22.5 Å². The van der Waals surface area contributed by atoms with E-state index in [1.807, 2.05) is 6.07 Å². The van der Waals surface area contributed by atoms with Gasteiger partial charge >= 0.3 is 0 Å². The lowest BCUT2D eigenvalue weighted by molar-refractivity contribution is 0.0747. The third-order valence-corrected chi connectivity index (χ3v) is 6.58. The molecule has 0 unspecified atom stereocenters. The van der Waals surface area contributed by atoms with E-state index in [0.29, 0.717) is 0 Å². The lowest BCUT2D eigenvalue weighted by Gasteiger charge is -2.47. The molecule has 28 heavy (non-hydrogen) atoms. The number of piperidine rings is 3. The SMILES string of the molecule is Cc1cccc(-c2nc(C34CCN(CC3)CC4)n(C)c2-c2ccnc(F)c2)c1. The Kier molecular flexibility index (Phi) is 4.09. The average Bonchev–Trinajstić information content (AvgIpc) is 3.07. The number of pyridine rings is 1. The minimum atomic E-state index is -0.459. The second-order valence-electron chi connectivity index (χ2n) is 8.30. The highest BCUT2D eigenvalue weighted by atomic mass is 19.1. The van der Waals surface area contributed by atoms with E-state index in [-0.39, 0.29) is 5.41 Å². The van der Waals surface area contributed by atoms with Gasteiger partial charge in [0.15, 0.2) is 0 Å². The molecule has 3 fully saturated rings. The zero-order chi connectivity index (χ0) is 19.3. The number of hydrogen-bond donors (Lipinski definition) is 0. The lowest BCUT2D eigenvalue weighted by Crippen LogP contribution is -2.51. The standard InChI is InChI=1S/C23H25FN4/c1-16-4-3-5-17(14-16)20-21(18-6-10-25-19(24)15-18)27(2)22(26-20)23-7-11-28(12-8-23)13-9-23/h3-6,10,14-15H,7-9,11-13H2,1-2H3. The fourth-order valence-corrected chi connectivity index (χ4v) is 5.01. The molecule has 4 nitrogen and oxygen atoms in total. The van der Waals surface area contributed by atoms with Crippen LogP contribution >= 0.6 is 0 Å². The van der Waals surface area contributed by atoms with Gasteiger partial charge in [0.2, 0.25) is 5.95 Å². The number of aryl methyl sites for hydroxylation is 1. The van der Waals surface area contributed by atoms with Gasteiger partial charge < -0.3 is 9.47 Å². The van der Waals surface area contributed by atoms with Crippen molar-refractivity contribution < 1.29 is 4.39 Å². The lowest BCUT2D eigenvalue weighted by atomic mass is 9.71. The van der Waals surface area contributed by atoms with Gasteiger partial charge in [0.1, 0.15) is 5.82 Å². The maximum Gasteiger partial charge on any atom is 0.213 e. The monoisotopic (exact) mass is 376 g/mol. The summed E-state index contributed by atoms with van der Waals surface area (Å²) in [5.74, 6) is 0.690. The normalized spacial score (nSPS) is 23.9. The van der Waals surface area contributed by atoms with Crippen LogP contribution in [-0.4, -0.2) is 39.1 Å². The van der Waals surface area contributed by atoms with Gasteiger partial charge in [0.25, 0.3) is 0 Å². The minimum Gasteiger partial charge on any atom is -0.330 e. The largest absolute Gasteiger partial charge is 0.330 e. The summed E-state index contributed by atoms with van der Waals surface area (Å²) in [6.45, 7) is 5.53. The first kappa shape index (κ1) is 17.6. The Morgan fingerprint density at radius 2 is 1.75 bits per heavy atom. The summed E-state index contributed by atoms with van der Waals surface area (Å²) in [7, 11) is 2.09. The number of nitrogens with zero attached hydrogens (tertiary/aromatic N) is 4. The first-order valence-electron chi connectivity index (χ1n) is 10.0. The molecule has 5 heteroatoms. The van der Waals surface area contributed by atoms with E-state index in [9.17, 15) is 4.39 Å². The Labute approximate surface area is 165 Å². The molecule has 0 N–H and O–H groups in total. The third kappa shape index (κ3) is 2.76. The average molecular weight is 376 g/mol. The summed E-state index contributed by atoms with van der Waals surface area (Å²) in [6.07, 6.45) is 4.98. The zero-order valence-corrected chi connectivity index (χ0v) is 16.5. The van der Waals surface area contributed by atoms with Gasteiger partial charge in [0, 0.05) is 35.9 Å². The quantitative estimate of drug-likeness (QED) is 0.638. The molecular formula is C23H25FN4. The Morgan fingerprint density at radius 1 is 1.00 bits per heavy atom.